The van der Waals surface area contributed by atoms with Crippen molar-refractivity contribution in [1.82, 2.24) is 9.55 Å². The van der Waals surface area contributed by atoms with E-state index in [9.17, 15) is 14.9 Å². The maximum absolute atomic E-state index is 11.5. The third-order valence-electron chi connectivity index (χ3n) is 2.21. The van der Waals surface area contributed by atoms with Gasteiger partial charge in [-0.15, -0.1) is 21.9 Å². The molecule has 1 fully saturated rings. The molecule has 98 valence electrons. The van der Waals surface area contributed by atoms with Crippen LogP contribution in [0, 0.1) is 10.1 Å². The first-order chi connectivity index (χ1) is 8.56. The van der Waals surface area contributed by atoms with Crippen LogP contribution in [0.2, 0.25) is 0 Å². The van der Waals surface area contributed by atoms with Gasteiger partial charge in [-0.05, 0) is 6.07 Å². The Kier molecular flexibility index (Phi) is 3.67. The number of nitrogens with two attached hydrogens (primary N) is 1. The minimum Gasteiger partial charge on any atom is -0.383 e. The molecular weight excluding hydrogens is 264 g/mol. The molecule has 1 aromatic heterocycles. The first kappa shape index (κ1) is 12.6. The lowest BCUT2D eigenvalue weighted by molar-refractivity contribution is -0.758. The Bertz CT molecular complexity index is 507. The van der Waals surface area contributed by atoms with Crippen LogP contribution in [0.25, 0.3) is 0 Å². The molecule has 1 aliphatic rings. The summed E-state index contributed by atoms with van der Waals surface area (Å²) in [5.41, 5.74) is 4.37. The molecule has 2 rings (SSSR count). The Balaban J connectivity index is 2.00. The Morgan fingerprint density at radius 1 is 1.78 bits per heavy atom. The van der Waals surface area contributed by atoms with Crippen LogP contribution < -0.4 is 11.4 Å². The second-order valence-electron chi connectivity index (χ2n) is 3.42. The topological polar surface area (TPSA) is 123 Å². The third-order valence-corrected chi connectivity index (χ3v) is 3.31. The van der Waals surface area contributed by atoms with Crippen molar-refractivity contribution in [2.24, 2.45) is 0 Å². The van der Waals surface area contributed by atoms with Gasteiger partial charge in [-0.3, -0.25) is 4.57 Å². The van der Waals surface area contributed by atoms with Gasteiger partial charge in [0, 0.05) is 11.9 Å². The minimum atomic E-state index is -0.881. The summed E-state index contributed by atoms with van der Waals surface area (Å²) < 4.78 is 6.72. The zero-order valence-electron chi connectivity index (χ0n) is 9.09. The first-order valence-electron chi connectivity index (χ1n) is 4.95. The van der Waals surface area contributed by atoms with E-state index in [1.807, 2.05) is 0 Å². The third kappa shape index (κ3) is 2.90. The Labute approximate surface area is 105 Å². The monoisotopic (exact) mass is 274 g/mol. The van der Waals surface area contributed by atoms with E-state index < -0.39 is 22.4 Å². The molecule has 10 heteroatoms. The number of ether oxygens (including phenoxy) is 1. The van der Waals surface area contributed by atoms with Gasteiger partial charge in [0.1, 0.15) is 24.1 Å². The SMILES string of the molecule is Nc1ccn([C@H]2CS[C@@H](CO[N+](=O)[O-])O2)c(=O)n1. The lowest BCUT2D eigenvalue weighted by atomic mass is 10.5. The molecule has 0 spiro atoms. The average molecular weight is 274 g/mol. The highest BCUT2D eigenvalue weighted by molar-refractivity contribution is 8.00. The summed E-state index contributed by atoms with van der Waals surface area (Å²) in [5, 5.41) is 9.16. The summed E-state index contributed by atoms with van der Waals surface area (Å²) in [6.45, 7) is -0.175. The normalized spacial score (nSPS) is 22.9. The second kappa shape index (κ2) is 5.23. The molecule has 0 radical (unpaired) electrons. The van der Waals surface area contributed by atoms with E-state index in [-0.39, 0.29) is 12.4 Å². The van der Waals surface area contributed by atoms with Gasteiger partial charge in [0.05, 0.1) is 0 Å². The molecule has 0 aliphatic carbocycles. The van der Waals surface area contributed by atoms with Gasteiger partial charge >= 0.3 is 5.69 Å². The highest BCUT2D eigenvalue weighted by Crippen LogP contribution is 2.30. The fraction of sp³-hybridized carbons (Fsp3) is 0.500. The summed E-state index contributed by atoms with van der Waals surface area (Å²) in [4.78, 5) is 29.4. The Morgan fingerprint density at radius 2 is 2.56 bits per heavy atom. The van der Waals surface area contributed by atoms with E-state index in [0.29, 0.717) is 5.75 Å². The number of hydrogen-bond acceptors (Lipinski definition) is 8. The fourth-order valence-corrected chi connectivity index (χ4v) is 2.43. The molecule has 18 heavy (non-hydrogen) atoms. The lowest BCUT2D eigenvalue weighted by Gasteiger charge is -2.13. The minimum absolute atomic E-state index is 0.134. The highest BCUT2D eigenvalue weighted by Gasteiger charge is 2.28. The predicted octanol–water partition coefficient (Wildman–Crippen LogP) is -0.378. The summed E-state index contributed by atoms with van der Waals surface area (Å²) >= 11 is 1.33. The van der Waals surface area contributed by atoms with Gasteiger partial charge in [-0.1, -0.05) is 0 Å². The van der Waals surface area contributed by atoms with E-state index in [1.54, 1.807) is 0 Å². The molecule has 0 aromatic carbocycles. The number of hydrogen-bond donors (Lipinski definition) is 1. The van der Waals surface area contributed by atoms with Crippen LogP contribution in [0.3, 0.4) is 0 Å². The molecule has 0 bridgehead atoms. The van der Waals surface area contributed by atoms with Crippen LogP contribution in [0.4, 0.5) is 5.82 Å². The zero-order valence-corrected chi connectivity index (χ0v) is 9.91. The summed E-state index contributed by atoms with van der Waals surface area (Å²) in [7, 11) is 0. The molecule has 1 saturated heterocycles. The number of rotatable bonds is 4. The van der Waals surface area contributed by atoms with Gasteiger partial charge in [-0.25, -0.2) is 4.79 Å². The predicted molar refractivity (Wildman–Crippen MR) is 62.2 cm³/mol. The molecule has 0 amide bonds. The van der Waals surface area contributed by atoms with E-state index in [0.717, 1.165) is 0 Å². The first-order valence-corrected chi connectivity index (χ1v) is 6.00. The van der Waals surface area contributed by atoms with Crippen LogP contribution in [0.1, 0.15) is 6.23 Å². The Hall–Kier alpha value is -1.81. The molecule has 0 saturated carbocycles. The summed E-state index contributed by atoms with van der Waals surface area (Å²) in [6, 6.07) is 1.48. The van der Waals surface area contributed by atoms with Crippen LogP contribution in [0.5, 0.6) is 0 Å². The molecule has 0 unspecified atom stereocenters. The quantitative estimate of drug-likeness (QED) is 0.582. The van der Waals surface area contributed by atoms with Crippen molar-refractivity contribution < 1.29 is 14.7 Å². The average Bonchev–Trinajstić information content (AvgIpc) is 2.75. The molecule has 1 aliphatic heterocycles. The van der Waals surface area contributed by atoms with Crippen molar-refractivity contribution in [3.63, 3.8) is 0 Å². The largest absolute Gasteiger partial charge is 0.383 e. The molecule has 2 heterocycles. The van der Waals surface area contributed by atoms with Crippen molar-refractivity contribution in [1.29, 1.82) is 0 Å². The van der Waals surface area contributed by atoms with E-state index in [1.165, 1.54) is 28.6 Å². The van der Waals surface area contributed by atoms with Gasteiger partial charge in [0.15, 0.2) is 0 Å². The van der Waals surface area contributed by atoms with Crippen LogP contribution >= 0.6 is 11.8 Å². The molecule has 2 atom stereocenters. The van der Waals surface area contributed by atoms with Gasteiger partial charge in [0.2, 0.25) is 0 Å². The lowest BCUT2D eigenvalue weighted by Crippen LogP contribution is -2.29. The zero-order chi connectivity index (χ0) is 13.1. The van der Waals surface area contributed by atoms with Gasteiger partial charge < -0.3 is 15.3 Å². The molecule has 9 nitrogen and oxygen atoms in total. The van der Waals surface area contributed by atoms with E-state index in [2.05, 4.69) is 9.82 Å². The number of nitrogens with zero attached hydrogens (tertiary/aromatic N) is 3. The molecular formula is C8H10N4O5S. The van der Waals surface area contributed by atoms with Crippen molar-refractivity contribution in [3.8, 4) is 0 Å². The summed E-state index contributed by atoms with van der Waals surface area (Å²) in [6.07, 6.45) is 0.961. The molecule has 2 N–H and O–H groups in total. The van der Waals surface area contributed by atoms with Crippen molar-refractivity contribution in [2.45, 2.75) is 11.7 Å². The Morgan fingerprint density at radius 3 is 3.22 bits per heavy atom. The van der Waals surface area contributed by atoms with E-state index >= 15 is 0 Å². The fourth-order valence-electron chi connectivity index (χ4n) is 1.44. The van der Waals surface area contributed by atoms with Gasteiger partial charge in [0.25, 0.3) is 5.09 Å². The molecule has 1 aromatic rings. The maximum Gasteiger partial charge on any atom is 0.351 e. The van der Waals surface area contributed by atoms with Crippen LogP contribution in [-0.4, -0.2) is 32.4 Å². The number of nitrogen functional groups attached to an aromatic ring is 1. The smallest absolute Gasteiger partial charge is 0.351 e. The number of anilines is 1. The summed E-state index contributed by atoms with van der Waals surface area (Å²) in [5.74, 6) is 0.618. The van der Waals surface area contributed by atoms with Crippen LogP contribution in [0.15, 0.2) is 17.1 Å². The standard InChI is InChI=1S/C8H10N4O5S/c9-5-1-2-11(8(13)10-5)6-4-18-7(17-6)3-16-12(14)15/h1-2,6-7H,3-4H2,(H2,9,10,13)/t6-,7+/m1/s1. The van der Waals surface area contributed by atoms with Crippen molar-refractivity contribution in [3.05, 3.63) is 32.9 Å². The van der Waals surface area contributed by atoms with Gasteiger partial charge in [-0.2, -0.15) is 4.98 Å². The second-order valence-corrected chi connectivity index (χ2v) is 4.61. The van der Waals surface area contributed by atoms with Crippen LogP contribution in [-0.2, 0) is 9.57 Å². The highest BCUT2D eigenvalue weighted by atomic mass is 32.2. The van der Waals surface area contributed by atoms with E-state index in [4.69, 9.17) is 10.5 Å². The number of aromatic nitrogens is 2. The maximum atomic E-state index is 11.5. The van der Waals surface area contributed by atoms with Crippen molar-refractivity contribution >= 4 is 17.6 Å². The number of thioether (sulfide) groups is 1. The van der Waals surface area contributed by atoms with Crippen molar-refractivity contribution in [2.75, 3.05) is 18.1 Å².